The minimum Gasteiger partial charge on any atom is -0.354 e. The molecule has 2 unspecified atom stereocenters. The summed E-state index contributed by atoms with van der Waals surface area (Å²) >= 11 is 0. The van der Waals surface area contributed by atoms with Gasteiger partial charge in [-0.15, -0.1) is 0 Å². The zero-order valence-electron chi connectivity index (χ0n) is 11.4. The predicted octanol–water partition coefficient (Wildman–Crippen LogP) is 2.45. The van der Waals surface area contributed by atoms with E-state index >= 15 is 0 Å². The van der Waals surface area contributed by atoms with Gasteiger partial charge in [-0.05, 0) is 24.7 Å². The first-order valence-corrected chi connectivity index (χ1v) is 7.18. The molecule has 3 atom stereocenters. The van der Waals surface area contributed by atoms with Gasteiger partial charge in [0, 0.05) is 6.54 Å². The van der Waals surface area contributed by atoms with Crippen molar-refractivity contribution in [2.24, 2.45) is 17.6 Å². The maximum atomic E-state index is 11.8. The molecule has 0 aliphatic heterocycles. The van der Waals surface area contributed by atoms with Crippen molar-refractivity contribution < 1.29 is 4.79 Å². The number of nitrogens with two attached hydrogens (primary N) is 1. The fourth-order valence-electron chi connectivity index (χ4n) is 2.61. The summed E-state index contributed by atoms with van der Waals surface area (Å²) in [6.45, 7) is 5.24. The van der Waals surface area contributed by atoms with Crippen LogP contribution in [0.25, 0.3) is 0 Å². The lowest BCUT2D eigenvalue weighted by Crippen LogP contribution is -2.43. The van der Waals surface area contributed by atoms with Gasteiger partial charge in [0.25, 0.3) is 0 Å². The Morgan fingerprint density at radius 2 is 2.12 bits per heavy atom. The third-order valence-electron chi connectivity index (χ3n) is 4.03. The molecule has 0 saturated heterocycles. The van der Waals surface area contributed by atoms with Crippen LogP contribution in [0.5, 0.6) is 0 Å². The molecule has 1 amide bonds. The molecule has 1 aliphatic carbocycles. The molecule has 0 radical (unpaired) electrons. The Bertz CT molecular complexity index is 230. The lowest BCUT2D eigenvalue weighted by Gasteiger charge is -2.29. The lowest BCUT2D eigenvalue weighted by atomic mass is 9.80. The average molecular weight is 240 g/mol. The molecule has 3 N–H and O–H groups in total. The molecule has 3 nitrogen and oxygen atoms in total. The van der Waals surface area contributed by atoms with Crippen LogP contribution in [-0.4, -0.2) is 18.5 Å². The number of hydrogen-bond donors (Lipinski definition) is 2. The highest BCUT2D eigenvalue weighted by atomic mass is 16.2. The summed E-state index contributed by atoms with van der Waals surface area (Å²) in [5.74, 6) is 1.44. The van der Waals surface area contributed by atoms with E-state index in [1.165, 1.54) is 25.7 Å². The van der Waals surface area contributed by atoms with Crippen molar-refractivity contribution in [1.29, 1.82) is 0 Å². The van der Waals surface area contributed by atoms with Crippen molar-refractivity contribution in [3.8, 4) is 0 Å². The Hall–Kier alpha value is -0.570. The monoisotopic (exact) mass is 240 g/mol. The van der Waals surface area contributed by atoms with E-state index in [4.69, 9.17) is 5.73 Å². The van der Waals surface area contributed by atoms with Crippen molar-refractivity contribution in [3.63, 3.8) is 0 Å². The van der Waals surface area contributed by atoms with Crippen LogP contribution in [-0.2, 0) is 4.79 Å². The first-order chi connectivity index (χ1) is 8.15. The van der Waals surface area contributed by atoms with Crippen molar-refractivity contribution in [1.82, 2.24) is 5.32 Å². The number of carbonyl (C=O) groups is 1. The highest BCUT2D eigenvalue weighted by molar-refractivity contribution is 5.81. The highest BCUT2D eigenvalue weighted by Gasteiger charge is 2.22. The molecular formula is C14H28N2O. The van der Waals surface area contributed by atoms with Crippen molar-refractivity contribution in [2.75, 3.05) is 6.54 Å². The van der Waals surface area contributed by atoms with E-state index in [2.05, 4.69) is 19.2 Å². The lowest BCUT2D eigenvalue weighted by molar-refractivity contribution is -0.122. The summed E-state index contributed by atoms with van der Waals surface area (Å²) < 4.78 is 0. The molecule has 1 fully saturated rings. The van der Waals surface area contributed by atoms with E-state index in [0.717, 1.165) is 31.7 Å². The second kappa shape index (κ2) is 7.70. The van der Waals surface area contributed by atoms with Gasteiger partial charge >= 0.3 is 0 Å². The van der Waals surface area contributed by atoms with Crippen LogP contribution in [0.2, 0.25) is 0 Å². The van der Waals surface area contributed by atoms with Crippen LogP contribution in [0.3, 0.4) is 0 Å². The number of unbranched alkanes of at least 4 members (excludes halogenated alkanes) is 1. The molecule has 0 aromatic heterocycles. The summed E-state index contributed by atoms with van der Waals surface area (Å²) in [6.07, 6.45) is 8.17. The Labute approximate surface area is 106 Å². The van der Waals surface area contributed by atoms with Gasteiger partial charge in [-0.1, -0.05) is 46.0 Å². The summed E-state index contributed by atoms with van der Waals surface area (Å²) in [7, 11) is 0. The standard InChI is InChI=1S/C14H28N2O/c1-3-4-9-13(15)14(17)16-10-12-8-6-5-7-11(12)2/h11-13H,3-10,15H2,1-2H3,(H,16,17)/t11?,12?,13-/m0/s1. The van der Waals surface area contributed by atoms with Gasteiger partial charge in [-0.25, -0.2) is 0 Å². The second-order valence-corrected chi connectivity index (χ2v) is 5.52. The van der Waals surface area contributed by atoms with Gasteiger partial charge in [-0.2, -0.15) is 0 Å². The molecule has 17 heavy (non-hydrogen) atoms. The number of nitrogens with one attached hydrogen (secondary N) is 1. The van der Waals surface area contributed by atoms with Gasteiger partial charge in [-0.3, -0.25) is 4.79 Å². The first-order valence-electron chi connectivity index (χ1n) is 7.18. The number of amides is 1. The molecule has 1 rings (SSSR count). The van der Waals surface area contributed by atoms with Crippen molar-refractivity contribution in [3.05, 3.63) is 0 Å². The van der Waals surface area contributed by atoms with Crippen molar-refractivity contribution in [2.45, 2.75) is 64.8 Å². The SMILES string of the molecule is CCCC[C@H](N)C(=O)NCC1CCCCC1C. The molecule has 0 heterocycles. The molecule has 0 aromatic carbocycles. The zero-order valence-corrected chi connectivity index (χ0v) is 11.4. The Morgan fingerprint density at radius 3 is 2.76 bits per heavy atom. The normalized spacial score (nSPS) is 26.5. The van der Waals surface area contributed by atoms with Crippen LogP contribution in [0, 0.1) is 11.8 Å². The number of hydrogen-bond acceptors (Lipinski definition) is 2. The quantitative estimate of drug-likeness (QED) is 0.749. The maximum absolute atomic E-state index is 11.8. The Kier molecular flexibility index (Phi) is 6.56. The molecule has 0 spiro atoms. The molecule has 3 heteroatoms. The van der Waals surface area contributed by atoms with Gasteiger partial charge in [0.15, 0.2) is 0 Å². The first kappa shape index (κ1) is 14.5. The van der Waals surface area contributed by atoms with E-state index in [1.807, 2.05) is 0 Å². The minimum absolute atomic E-state index is 0.0382. The molecular weight excluding hydrogens is 212 g/mol. The van der Waals surface area contributed by atoms with E-state index < -0.39 is 0 Å². The van der Waals surface area contributed by atoms with Crippen LogP contribution in [0.1, 0.15) is 58.8 Å². The largest absolute Gasteiger partial charge is 0.354 e. The summed E-state index contributed by atoms with van der Waals surface area (Å²) in [4.78, 5) is 11.8. The van der Waals surface area contributed by atoms with E-state index in [1.54, 1.807) is 0 Å². The molecule has 0 aromatic rings. The number of carbonyl (C=O) groups excluding carboxylic acids is 1. The van der Waals surface area contributed by atoms with Gasteiger partial charge in [0.05, 0.1) is 6.04 Å². The minimum atomic E-state index is -0.311. The van der Waals surface area contributed by atoms with Crippen LogP contribution >= 0.6 is 0 Å². The summed E-state index contributed by atoms with van der Waals surface area (Å²) in [6, 6.07) is -0.311. The van der Waals surface area contributed by atoms with E-state index in [0.29, 0.717) is 5.92 Å². The van der Waals surface area contributed by atoms with Gasteiger partial charge in [0.2, 0.25) is 5.91 Å². The maximum Gasteiger partial charge on any atom is 0.236 e. The molecule has 100 valence electrons. The average Bonchev–Trinajstić information content (AvgIpc) is 2.34. The summed E-state index contributed by atoms with van der Waals surface area (Å²) in [5, 5.41) is 3.03. The van der Waals surface area contributed by atoms with Crippen LogP contribution in [0.4, 0.5) is 0 Å². The van der Waals surface area contributed by atoms with Crippen LogP contribution in [0.15, 0.2) is 0 Å². The second-order valence-electron chi connectivity index (χ2n) is 5.52. The Morgan fingerprint density at radius 1 is 1.41 bits per heavy atom. The van der Waals surface area contributed by atoms with E-state index in [9.17, 15) is 4.79 Å². The third kappa shape index (κ3) is 5.07. The zero-order chi connectivity index (χ0) is 12.7. The van der Waals surface area contributed by atoms with Gasteiger partial charge in [0.1, 0.15) is 0 Å². The third-order valence-corrected chi connectivity index (χ3v) is 4.03. The smallest absolute Gasteiger partial charge is 0.236 e. The molecule has 1 saturated carbocycles. The van der Waals surface area contributed by atoms with Crippen molar-refractivity contribution >= 4 is 5.91 Å². The number of rotatable bonds is 6. The van der Waals surface area contributed by atoms with Crippen LogP contribution < -0.4 is 11.1 Å². The fraction of sp³-hybridized carbons (Fsp3) is 0.929. The fourth-order valence-corrected chi connectivity index (χ4v) is 2.61. The molecule has 0 bridgehead atoms. The predicted molar refractivity (Wildman–Crippen MR) is 71.6 cm³/mol. The highest BCUT2D eigenvalue weighted by Crippen LogP contribution is 2.28. The Balaban J connectivity index is 2.22. The van der Waals surface area contributed by atoms with E-state index in [-0.39, 0.29) is 11.9 Å². The summed E-state index contributed by atoms with van der Waals surface area (Å²) in [5.41, 5.74) is 5.84. The molecule has 1 aliphatic rings. The van der Waals surface area contributed by atoms with Gasteiger partial charge < -0.3 is 11.1 Å². The topological polar surface area (TPSA) is 55.1 Å².